The van der Waals surface area contributed by atoms with Crippen LogP contribution in [-0.2, 0) is 6.42 Å². The second kappa shape index (κ2) is 10.5. The summed E-state index contributed by atoms with van der Waals surface area (Å²) >= 11 is 1.90. The molecule has 1 heterocycles. The molecule has 50 heavy (non-hydrogen) atoms. The number of aryl methyl sites for hydroxylation is 1. The van der Waals surface area contributed by atoms with Gasteiger partial charge < -0.3 is 0 Å². The Hall–Kier alpha value is -5.50. The Kier molecular flexibility index (Phi) is 5.95. The molecule has 0 saturated carbocycles. The Morgan fingerprint density at radius 1 is 0.620 bits per heavy atom. The maximum absolute atomic E-state index is 2.55. The van der Waals surface area contributed by atoms with E-state index in [0.29, 0.717) is 0 Å². The Morgan fingerprint density at radius 3 is 2.32 bits per heavy atom. The number of hydrogen-bond acceptors (Lipinski definition) is 1. The Balaban J connectivity index is 1.15. The molecule has 2 atom stereocenters. The second-order valence-electron chi connectivity index (χ2n) is 14.5. The molecule has 236 valence electrons. The highest BCUT2D eigenvalue weighted by Gasteiger charge is 2.44. The maximum atomic E-state index is 2.55. The van der Waals surface area contributed by atoms with Gasteiger partial charge in [0.15, 0.2) is 0 Å². The van der Waals surface area contributed by atoms with Crippen molar-refractivity contribution in [1.29, 1.82) is 0 Å². The monoisotopic (exact) mass is 654 g/mol. The van der Waals surface area contributed by atoms with Crippen LogP contribution < -0.4 is 0 Å². The first-order valence-electron chi connectivity index (χ1n) is 17.8. The molecule has 0 spiro atoms. The summed E-state index contributed by atoms with van der Waals surface area (Å²) in [4.78, 5) is 0. The summed E-state index contributed by atoms with van der Waals surface area (Å²) in [5, 5.41) is 10.8. The van der Waals surface area contributed by atoms with Crippen LogP contribution in [0, 0.1) is 5.41 Å². The van der Waals surface area contributed by atoms with Gasteiger partial charge in [-0.05, 0) is 114 Å². The molecule has 8 aromatic rings. The van der Waals surface area contributed by atoms with Crippen molar-refractivity contribution in [2.75, 3.05) is 0 Å². The molecule has 0 nitrogen and oxygen atoms in total. The molecular weight excluding hydrogens is 621 g/mol. The first kappa shape index (κ1) is 28.3. The summed E-state index contributed by atoms with van der Waals surface area (Å²) in [7, 11) is 0. The van der Waals surface area contributed by atoms with Crippen molar-refractivity contribution in [3.8, 4) is 0 Å². The van der Waals surface area contributed by atoms with Crippen molar-refractivity contribution >= 4 is 75.5 Å². The molecule has 7 aromatic carbocycles. The van der Waals surface area contributed by atoms with Crippen LogP contribution in [-0.4, -0.2) is 0 Å². The van der Waals surface area contributed by atoms with E-state index in [1.807, 2.05) is 11.3 Å². The van der Waals surface area contributed by atoms with Crippen molar-refractivity contribution in [2.24, 2.45) is 5.41 Å². The second-order valence-corrected chi connectivity index (χ2v) is 15.6. The first-order valence-corrected chi connectivity index (χ1v) is 18.7. The lowest BCUT2D eigenvalue weighted by molar-refractivity contribution is 0.449. The van der Waals surface area contributed by atoms with E-state index >= 15 is 0 Å². The van der Waals surface area contributed by atoms with Gasteiger partial charge in [-0.1, -0.05) is 140 Å². The fourth-order valence-corrected chi connectivity index (χ4v) is 10.7. The Morgan fingerprint density at radius 2 is 1.40 bits per heavy atom. The summed E-state index contributed by atoms with van der Waals surface area (Å²) in [6, 6.07) is 46.2. The zero-order valence-electron chi connectivity index (χ0n) is 27.9. The zero-order valence-corrected chi connectivity index (χ0v) is 28.7. The lowest BCUT2D eigenvalue weighted by Crippen LogP contribution is -2.32. The van der Waals surface area contributed by atoms with Crippen LogP contribution in [0.4, 0.5) is 0 Å². The predicted molar refractivity (Wildman–Crippen MR) is 216 cm³/mol. The number of allylic oxidation sites excluding steroid dienone is 6. The topological polar surface area (TPSA) is 0 Å². The molecule has 3 aliphatic carbocycles. The van der Waals surface area contributed by atoms with Crippen LogP contribution in [0.25, 0.3) is 64.1 Å². The van der Waals surface area contributed by atoms with E-state index in [-0.39, 0.29) is 11.3 Å². The molecule has 3 aliphatic rings. The number of benzene rings is 7. The molecule has 1 heteroatoms. The number of thiophene rings is 1. The Bertz CT molecular complexity index is 2890. The maximum Gasteiger partial charge on any atom is 0.0361 e. The van der Waals surface area contributed by atoms with Crippen molar-refractivity contribution < 1.29 is 0 Å². The zero-order chi connectivity index (χ0) is 33.0. The van der Waals surface area contributed by atoms with E-state index < -0.39 is 0 Å². The largest absolute Gasteiger partial charge is 0.135 e. The molecule has 0 saturated heterocycles. The fraction of sp³-hybridized carbons (Fsp3) is 0.102. The first-order chi connectivity index (χ1) is 24.7. The van der Waals surface area contributed by atoms with Crippen molar-refractivity contribution in [2.45, 2.75) is 25.7 Å². The third-order valence-electron chi connectivity index (χ3n) is 11.8. The summed E-state index contributed by atoms with van der Waals surface area (Å²) < 4.78 is 2.69. The van der Waals surface area contributed by atoms with Crippen LogP contribution in [0.5, 0.6) is 0 Å². The van der Waals surface area contributed by atoms with Gasteiger partial charge in [0.2, 0.25) is 0 Å². The molecule has 0 aliphatic heterocycles. The quantitative estimate of drug-likeness (QED) is 0.163. The number of rotatable bonds is 2. The SMILES string of the molecule is CC12C=CC=CC1=C(c1ccc3sc4cc5ccccc5cc4c3c1)c1ccccc1C2c1ccc2c(c1)c1c(c3ccccc32)C=CCC1. The average Bonchev–Trinajstić information content (AvgIpc) is 3.52. The highest BCUT2D eigenvalue weighted by atomic mass is 32.1. The van der Waals surface area contributed by atoms with Gasteiger partial charge in [0.1, 0.15) is 0 Å². The van der Waals surface area contributed by atoms with Gasteiger partial charge in [0.25, 0.3) is 0 Å². The molecular formula is C49H34S. The molecule has 0 N–H and O–H groups in total. The highest BCUT2D eigenvalue weighted by molar-refractivity contribution is 7.25. The Labute approximate surface area is 296 Å². The van der Waals surface area contributed by atoms with Gasteiger partial charge in [-0.15, -0.1) is 11.3 Å². The smallest absolute Gasteiger partial charge is 0.0361 e. The third-order valence-corrected chi connectivity index (χ3v) is 12.9. The normalized spacial score (nSPS) is 19.5. The summed E-state index contributed by atoms with van der Waals surface area (Å²) in [6.45, 7) is 2.47. The number of fused-ring (bicyclic) bond motifs is 12. The molecule has 0 fully saturated rings. The van der Waals surface area contributed by atoms with Gasteiger partial charge in [-0.25, -0.2) is 0 Å². The van der Waals surface area contributed by atoms with Crippen molar-refractivity contribution in [1.82, 2.24) is 0 Å². The minimum atomic E-state index is -0.217. The van der Waals surface area contributed by atoms with Crippen molar-refractivity contribution in [3.05, 3.63) is 191 Å². The molecule has 0 amide bonds. The van der Waals surface area contributed by atoms with Crippen LogP contribution in [0.15, 0.2) is 157 Å². The van der Waals surface area contributed by atoms with E-state index in [9.17, 15) is 0 Å². The van der Waals surface area contributed by atoms with Gasteiger partial charge in [0.05, 0.1) is 0 Å². The van der Waals surface area contributed by atoms with Crippen LogP contribution >= 0.6 is 11.3 Å². The van der Waals surface area contributed by atoms with Gasteiger partial charge >= 0.3 is 0 Å². The van der Waals surface area contributed by atoms with E-state index in [0.717, 1.165) is 12.8 Å². The van der Waals surface area contributed by atoms with E-state index in [4.69, 9.17) is 0 Å². The fourth-order valence-electron chi connectivity index (χ4n) is 9.56. The van der Waals surface area contributed by atoms with E-state index in [2.05, 4.69) is 165 Å². The van der Waals surface area contributed by atoms with Gasteiger partial charge in [-0.3, -0.25) is 0 Å². The summed E-state index contributed by atoms with van der Waals surface area (Å²) in [6.07, 6.45) is 16.3. The van der Waals surface area contributed by atoms with Crippen LogP contribution in [0.3, 0.4) is 0 Å². The van der Waals surface area contributed by atoms with E-state index in [1.54, 1.807) is 0 Å². The molecule has 0 radical (unpaired) electrons. The van der Waals surface area contributed by atoms with Gasteiger partial charge in [-0.2, -0.15) is 0 Å². The average molecular weight is 655 g/mol. The minimum absolute atomic E-state index is 0.182. The van der Waals surface area contributed by atoms with Crippen molar-refractivity contribution in [3.63, 3.8) is 0 Å². The van der Waals surface area contributed by atoms with E-state index in [1.165, 1.54) is 97.0 Å². The standard InChI is InChI=1S/C49H34S/c1-49-25-11-10-20-44(49)47(32-22-24-45-42(27-32)43-26-30-12-2-3-13-31(30)29-46(43)50-45)39-18-8-9-19-40(39)48(49)33-21-23-38-36-16-5-4-14-34(36)35-15-6-7-17-37(35)41(38)28-33/h2-6,8-16,18-29,48H,7,17H2,1H3. The summed E-state index contributed by atoms with van der Waals surface area (Å²) in [5.74, 6) is 0.182. The third kappa shape index (κ3) is 3.93. The lowest BCUT2D eigenvalue weighted by atomic mass is 9.58. The van der Waals surface area contributed by atoms with Gasteiger partial charge in [0, 0.05) is 31.5 Å². The number of hydrogen-bond donors (Lipinski definition) is 0. The molecule has 1 aromatic heterocycles. The predicted octanol–water partition coefficient (Wildman–Crippen LogP) is 13.6. The molecule has 2 unspecified atom stereocenters. The summed E-state index contributed by atoms with van der Waals surface area (Å²) in [5.41, 5.74) is 10.9. The minimum Gasteiger partial charge on any atom is -0.135 e. The molecule has 11 rings (SSSR count). The van der Waals surface area contributed by atoms with Crippen LogP contribution in [0.1, 0.15) is 52.6 Å². The van der Waals surface area contributed by atoms with Crippen LogP contribution in [0.2, 0.25) is 0 Å². The lowest BCUT2D eigenvalue weighted by Gasteiger charge is -2.45. The highest BCUT2D eigenvalue weighted by Crippen LogP contribution is 2.58. The molecule has 0 bridgehead atoms.